The fourth-order valence-corrected chi connectivity index (χ4v) is 4.52. The summed E-state index contributed by atoms with van der Waals surface area (Å²) in [5.74, 6) is -1.43. The number of hydroxylamine groups is 1. The molecule has 12 nitrogen and oxygen atoms in total. The molecule has 0 fully saturated rings. The molecule has 1 aromatic carbocycles. The summed E-state index contributed by atoms with van der Waals surface area (Å²) < 4.78 is 27.0. The van der Waals surface area contributed by atoms with Crippen LogP contribution in [0.1, 0.15) is 6.92 Å². The van der Waals surface area contributed by atoms with E-state index in [0.717, 1.165) is 18.2 Å². The first kappa shape index (κ1) is 23.0. The van der Waals surface area contributed by atoms with Gasteiger partial charge in [-0.25, -0.2) is 18.0 Å². The first-order valence-corrected chi connectivity index (χ1v) is 9.88. The summed E-state index contributed by atoms with van der Waals surface area (Å²) in [5, 5.41) is 30.0. The molecule has 1 heterocycles. The number of nitro benzene ring substituents is 1. The Labute approximate surface area is 171 Å². The van der Waals surface area contributed by atoms with E-state index >= 15 is 0 Å². The average molecular weight is 441 g/mol. The van der Waals surface area contributed by atoms with Gasteiger partial charge in [-0.1, -0.05) is 34.3 Å². The minimum atomic E-state index is -4.65. The minimum Gasteiger partial charge on any atom is -0.479 e. The molecule has 0 aromatic heterocycles. The van der Waals surface area contributed by atoms with E-state index in [1.54, 1.807) is 0 Å². The number of aliphatic carboxylic acids is 1. The van der Waals surface area contributed by atoms with Crippen LogP contribution in [0.15, 0.2) is 53.5 Å². The molecule has 30 heavy (non-hydrogen) atoms. The Morgan fingerprint density at radius 2 is 2.03 bits per heavy atom. The molecule has 2 rings (SSSR count). The Hall–Kier alpha value is -3.29. The summed E-state index contributed by atoms with van der Waals surface area (Å²) in [7, 11) is -4.65. The summed E-state index contributed by atoms with van der Waals surface area (Å²) in [6, 6.07) is 1.83. The Morgan fingerprint density at radius 3 is 2.57 bits per heavy atom. The lowest BCUT2D eigenvalue weighted by Gasteiger charge is -2.38. The third kappa shape index (κ3) is 4.48. The monoisotopic (exact) mass is 441 g/mol. The van der Waals surface area contributed by atoms with Crippen molar-refractivity contribution in [2.75, 3.05) is 13.2 Å². The maximum atomic E-state index is 13.3. The Kier molecular flexibility index (Phi) is 6.92. The number of hydrogen-bond acceptors (Lipinski definition) is 7. The van der Waals surface area contributed by atoms with Crippen LogP contribution in [-0.4, -0.2) is 70.2 Å². The highest BCUT2D eigenvalue weighted by Gasteiger charge is 2.43. The van der Waals surface area contributed by atoms with Gasteiger partial charge in [0.25, 0.3) is 15.7 Å². The van der Waals surface area contributed by atoms with Crippen LogP contribution >= 0.6 is 0 Å². The predicted octanol–water partition coefficient (Wildman–Crippen LogP) is 1.46. The molecule has 1 amide bonds. The summed E-state index contributed by atoms with van der Waals surface area (Å²) in [6.07, 6.45) is 0.741. The van der Waals surface area contributed by atoms with Gasteiger partial charge >= 0.3 is 12.1 Å². The molecule has 0 saturated carbocycles. The zero-order valence-electron chi connectivity index (χ0n) is 15.7. The van der Waals surface area contributed by atoms with Gasteiger partial charge in [0.15, 0.2) is 10.9 Å². The molecule has 1 aliphatic rings. The van der Waals surface area contributed by atoms with Gasteiger partial charge in [0, 0.05) is 12.6 Å². The van der Waals surface area contributed by atoms with E-state index in [9.17, 15) is 38.3 Å². The van der Waals surface area contributed by atoms with E-state index in [1.165, 1.54) is 25.1 Å². The third-order valence-corrected chi connectivity index (χ3v) is 6.04. The van der Waals surface area contributed by atoms with E-state index in [0.29, 0.717) is 9.37 Å². The molecular formula is C17H19N3O9S. The van der Waals surface area contributed by atoms with Crippen molar-refractivity contribution in [1.29, 1.82) is 0 Å². The fraction of sp³-hybridized carbons (Fsp3) is 0.294. The van der Waals surface area contributed by atoms with Crippen molar-refractivity contribution in [2.24, 2.45) is 0 Å². The quantitative estimate of drug-likeness (QED) is 0.345. The number of sulfonamides is 1. The van der Waals surface area contributed by atoms with Gasteiger partial charge < -0.3 is 10.2 Å². The second-order valence-corrected chi connectivity index (χ2v) is 7.96. The molecule has 2 atom stereocenters. The van der Waals surface area contributed by atoms with Gasteiger partial charge in [0.1, 0.15) is 0 Å². The third-order valence-electron chi connectivity index (χ3n) is 4.30. The number of nitrogens with zero attached hydrogens (tertiary/aromatic N) is 3. The predicted molar refractivity (Wildman–Crippen MR) is 102 cm³/mol. The largest absolute Gasteiger partial charge is 0.479 e. The van der Waals surface area contributed by atoms with Crippen LogP contribution in [-0.2, 0) is 19.7 Å². The van der Waals surface area contributed by atoms with E-state index in [-0.39, 0.29) is 12.2 Å². The van der Waals surface area contributed by atoms with Crippen molar-refractivity contribution in [3.63, 3.8) is 0 Å². The van der Waals surface area contributed by atoms with Crippen LogP contribution in [0.2, 0.25) is 0 Å². The average Bonchev–Trinajstić information content (AvgIpc) is 2.68. The van der Waals surface area contributed by atoms with Gasteiger partial charge in [-0.15, -0.1) is 6.58 Å². The number of benzene rings is 1. The van der Waals surface area contributed by atoms with Crippen molar-refractivity contribution >= 4 is 27.8 Å². The van der Waals surface area contributed by atoms with Gasteiger partial charge in [-0.2, -0.15) is 0 Å². The van der Waals surface area contributed by atoms with Crippen LogP contribution in [0.4, 0.5) is 10.5 Å². The molecular weight excluding hydrogens is 422 g/mol. The van der Waals surface area contributed by atoms with Gasteiger partial charge in [-0.3, -0.25) is 19.9 Å². The molecule has 0 saturated heterocycles. The first-order chi connectivity index (χ1) is 14.0. The molecule has 0 bridgehead atoms. The maximum absolute atomic E-state index is 13.3. The van der Waals surface area contributed by atoms with Crippen LogP contribution in [0.25, 0.3) is 0 Å². The highest BCUT2D eigenvalue weighted by molar-refractivity contribution is 7.89. The number of amides is 1. The molecule has 2 N–H and O–H groups in total. The fourth-order valence-electron chi connectivity index (χ4n) is 2.90. The van der Waals surface area contributed by atoms with Gasteiger partial charge in [0.05, 0.1) is 17.6 Å². The van der Waals surface area contributed by atoms with Crippen LogP contribution in [0, 0.1) is 10.1 Å². The van der Waals surface area contributed by atoms with E-state index in [1.807, 2.05) is 0 Å². The van der Waals surface area contributed by atoms with Gasteiger partial charge in [-0.05, 0) is 13.0 Å². The number of carboxylic acid groups (broad SMARTS) is 2. The molecule has 1 aliphatic heterocycles. The highest BCUT2D eigenvalue weighted by Crippen LogP contribution is 2.31. The smallest absolute Gasteiger partial charge is 0.408 e. The van der Waals surface area contributed by atoms with E-state index < -0.39 is 56.2 Å². The molecule has 0 radical (unpaired) electrons. The SMILES string of the molecule is C=CCON(C1CN(C(=O)O)C(C(=O)O)C=C1C)S(=O)(=O)c1ccccc1[N+](=O)[O-]. The summed E-state index contributed by atoms with van der Waals surface area (Å²) in [6.45, 7) is 3.97. The molecule has 162 valence electrons. The van der Waals surface area contributed by atoms with Crippen LogP contribution < -0.4 is 0 Å². The summed E-state index contributed by atoms with van der Waals surface area (Å²) in [4.78, 5) is 38.5. The standard InChI is InChI=1S/C17H19N3O9S/c1-3-8-29-20(30(27,28)15-7-5-4-6-12(15)19(25)26)14-10-18(17(23)24)13(16(21)22)9-11(14)2/h3-7,9,13-14H,1,8,10H2,2H3,(H,21,22)(H,23,24). The normalized spacial score (nSPS) is 19.3. The van der Waals surface area contributed by atoms with Crippen molar-refractivity contribution in [1.82, 2.24) is 9.37 Å². The number of carboxylic acids is 1. The van der Waals surface area contributed by atoms with Crippen LogP contribution in [0.3, 0.4) is 0 Å². The molecule has 0 spiro atoms. The molecule has 2 unspecified atom stereocenters. The Balaban J connectivity index is 2.61. The van der Waals surface area contributed by atoms with Crippen LogP contribution in [0.5, 0.6) is 0 Å². The topological polar surface area (TPSA) is 168 Å². The second kappa shape index (κ2) is 9.02. The maximum Gasteiger partial charge on any atom is 0.408 e. The lowest BCUT2D eigenvalue weighted by Crippen LogP contribution is -2.56. The number of hydrogen-bond donors (Lipinski definition) is 2. The van der Waals surface area contributed by atoms with Crippen molar-refractivity contribution < 1.29 is 38.0 Å². The number of rotatable bonds is 8. The van der Waals surface area contributed by atoms with Crippen molar-refractivity contribution in [3.8, 4) is 0 Å². The summed E-state index contributed by atoms with van der Waals surface area (Å²) >= 11 is 0. The van der Waals surface area contributed by atoms with Crippen molar-refractivity contribution in [3.05, 3.63) is 58.7 Å². The molecule has 0 aliphatic carbocycles. The number of nitro groups is 1. The lowest BCUT2D eigenvalue weighted by molar-refractivity contribution is -0.388. The van der Waals surface area contributed by atoms with E-state index in [4.69, 9.17) is 4.84 Å². The van der Waals surface area contributed by atoms with Gasteiger partial charge in [0.2, 0.25) is 0 Å². The Morgan fingerprint density at radius 1 is 1.40 bits per heavy atom. The highest BCUT2D eigenvalue weighted by atomic mass is 32.2. The first-order valence-electron chi connectivity index (χ1n) is 8.44. The zero-order valence-corrected chi connectivity index (χ0v) is 16.6. The van der Waals surface area contributed by atoms with Crippen molar-refractivity contribution in [2.45, 2.75) is 23.9 Å². The lowest BCUT2D eigenvalue weighted by atomic mass is 10.00. The molecule has 13 heteroatoms. The number of carbonyl (C=O) groups is 2. The minimum absolute atomic E-state index is 0.200. The zero-order chi connectivity index (χ0) is 22.6. The summed E-state index contributed by atoms with van der Waals surface area (Å²) in [5.41, 5.74) is -0.494. The second-order valence-electron chi connectivity index (χ2n) is 6.21. The Bertz CT molecular complexity index is 1010. The number of para-hydroxylation sites is 1. The molecule has 1 aromatic rings. The van der Waals surface area contributed by atoms with E-state index in [2.05, 4.69) is 6.58 Å².